The molecule has 1 unspecified atom stereocenters. The van der Waals surface area contributed by atoms with Crippen molar-refractivity contribution in [3.63, 3.8) is 0 Å². The molecule has 126 valence electrons. The Balaban J connectivity index is 1.66. The van der Waals surface area contributed by atoms with Gasteiger partial charge in [-0.25, -0.2) is 4.98 Å². The van der Waals surface area contributed by atoms with E-state index in [9.17, 15) is 9.90 Å². The molecule has 1 amide bonds. The number of carbonyl (C=O) groups excluding carboxylic acids is 1. The summed E-state index contributed by atoms with van der Waals surface area (Å²) in [6, 6.07) is 9.96. The van der Waals surface area contributed by atoms with Gasteiger partial charge in [0.25, 0.3) is 5.91 Å². The monoisotopic (exact) mass is 326 g/mol. The smallest absolute Gasteiger partial charge is 0.291 e. The van der Waals surface area contributed by atoms with Crippen molar-refractivity contribution in [3.05, 3.63) is 48.0 Å². The molecule has 3 atom stereocenters. The van der Waals surface area contributed by atoms with Crippen LogP contribution in [0.25, 0.3) is 0 Å². The topological polar surface area (TPSA) is 82.1 Å². The maximum absolute atomic E-state index is 12.8. The van der Waals surface area contributed by atoms with Gasteiger partial charge in [-0.15, -0.1) is 0 Å². The van der Waals surface area contributed by atoms with E-state index < -0.39 is 5.60 Å². The van der Waals surface area contributed by atoms with Gasteiger partial charge in [-0.2, -0.15) is 5.10 Å². The number of carbonyl (C=O) groups is 1. The van der Waals surface area contributed by atoms with E-state index in [1.807, 2.05) is 35.2 Å². The highest BCUT2D eigenvalue weighted by molar-refractivity contribution is 5.90. The zero-order chi connectivity index (χ0) is 16.6. The molecule has 1 saturated carbocycles. The average molecular weight is 326 g/mol. The summed E-state index contributed by atoms with van der Waals surface area (Å²) in [6.07, 6.45) is 5.97. The van der Waals surface area contributed by atoms with E-state index in [0.717, 1.165) is 31.2 Å². The lowest BCUT2D eigenvalue weighted by molar-refractivity contribution is -0.110. The van der Waals surface area contributed by atoms with Crippen LogP contribution in [0.15, 0.2) is 36.7 Å². The molecule has 2 aliphatic rings. The molecule has 2 aromatic rings. The number of hydrogen-bond acceptors (Lipinski definition) is 4. The van der Waals surface area contributed by atoms with Crippen molar-refractivity contribution >= 4 is 5.91 Å². The number of nitrogens with one attached hydrogen (secondary N) is 1. The van der Waals surface area contributed by atoms with Crippen molar-refractivity contribution in [3.8, 4) is 0 Å². The normalized spacial score (nSPS) is 30.0. The predicted octanol–water partition coefficient (Wildman–Crippen LogP) is 2.10. The van der Waals surface area contributed by atoms with Crippen molar-refractivity contribution < 1.29 is 9.90 Å². The first-order valence-corrected chi connectivity index (χ1v) is 8.64. The molecule has 2 fully saturated rings. The fourth-order valence-corrected chi connectivity index (χ4v) is 4.47. The van der Waals surface area contributed by atoms with Crippen LogP contribution in [0.5, 0.6) is 0 Å². The molecule has 6 heteroatoms. The number of aromatic nitrogens is 3. The number of amides is 1. The first kappa shape index (κ1) is 15.3. The van der Waals surface area contributed by atoms with Crippen LogP contribution in [0, 0.1) is 5.92 Å². The summed E-state index contributed by atoms with van der Waals surface area (Å²) >= 11 is 0. The minimum atomic E-state index is -0.857. The van der Waals surface area contributed by atoms with Crippen molar-refractivity contribution in [2.75, 3.05) is 6.54 Å². The van der Waals surface area contributed by atoms with Gasteiger partial charge >= 0.3 is 0 Å². The molecule has 1 aliphatic carbocycles. The molecule has 24 heavy (non-hydrogen) atoms. The number of H-pyrrole nitrogens is 1. The number of hydrogen-bond donors (Lipinski definition) is 2. The van der Waals surface area contributed by atoms with Crippen molar-refractivity contribution in [1.82, 2.24) is 20.1 Å². The Morgan fingerprint density at radius 3 is 2.79 bits per heavy atom. The third-order valence-corrected chi connectivity index (χ3v) is 5.63. The van der Waals surface area contributed by atoms with Gasteiger partial charge < -0.3 is 10.0 Å². The number of likely N-dealkylation sites (tertiary alicyclic amines) is 1. The Labute approximate surface area is 140 Å². The predicted molar refractivity (Wildman–Crippen MR) is 88.1 cm³/mol. The van der Waals surface area contributed by atoms with Gasteiger partial charge in [-0.05, 0) is 24.8 Å². The van der Waals surface area contributed by atoms with Crippen molar-refractivity contribution in [2.45, 2.75) is 43.7 Å². The standard InChI is InChI=1S/C18H22N4O2/c23-17(16-19-12-20-21-16)22-11-10-18(24,13-6-2-1-3-7-13)14-8-4-5-9-15(14)22/h1-3,6-7,12,14-15,24H,4-5,8-11H2,(H,19,20,21)/t14-,15+,18?/m1/s1. The Bertz CT molecular complexity index is 703. The number of benzene rings is 1. The molecule has 0 bridgehead atoms. The van der Waals surface area contributed by atoms with Crippen LogP contribution in [0.2, 0.25) is 0 Å². The van der Waals surface area contributed by atoms with Gasteiger partial charge in [0.05, 0.1) is 5.60 Å². The molecular formula is C18H22N4O2. The molecule has 2 heterocycles. The average Bonchev–Trinajstić information content (AvgIpc) is 3.17. The van der Waals surface area contributed by atoms with Crippen LogP contribution >= 0.6 is 0 Å². The first-order valence-electron chi connectivity index (χ1n) is 8.64. The molecule has 1 aromatic carbocycles. The Kier molecular flexibility index (Phi) is 3.84. The fraction of sp³-hybridized carbons (Fsp3) is 0.500. The van der Waals surface area contributed by atoms with Crippen LogP contribution < -0.4 is 0 Å². The van der Waals surface area contributed by atoms with Gasteiger partial charge in [-0.1, -0.05) is 43.2 Å². The summed E-state index contributed by atoms with van der Waals surface area (Å²) in [6.45, 7) is 0.534. The van der Waals surface area contributed by atoms with E-state index in [4.69, 9.17) is 0 Å². The van der Waals surface area contributed by atoms with E-state index in [-0.39, 0.29) is 23.7 Å². The summed E-state index contributed by atoms with van der Waals surface area (Å²) < 4.78 is 0. The van der Waals surface area contributed by atoms with Crippen LogP contribution in [-0.4, -0.2) is 43.7 Å². The van der Waals surface area contributed by atoms with E-state index >= 15 is 0 Å². The summed E-state index contributed by atoms with van der Waals surface area (Å²) in [5.41, 5.74) is 0.110. The van der Waals surface area contributed by atoms with Gasteiger partial charge in [0.2, 0.25) is 5.82 Å². The van der Waals surface area contributed by atoms with Crippen LogP contribution in [0.3, 0.4) is 0 Å². The second kappa shape index (κ2) is 6.02. The number of aromatic amines is 1. The molecule has 6 nitrogen and oxygen atoms in total. The van der Waals surface area contributed by atoms with E-state index in [1.54, 1.807) is 0 Å². The number of nitrogens with zero attached hydrogens (tertiary/aromatic N) is 3. The Hall–Kier alpha value is -2.21. The largest absolute Gasteiger partial charge is 0.385 e. The van der Waals surface area contributed by atoms with Crippen molar-refractivity contribution in [1.29, 1.82) is 0 Å². The van der Waals surface area contributed by atoms with Gasteiger partial charge in [0, 0.05) is 18.5 Å². The maximum atomic E-state index is 12.8. The maximum Gasteiger partial charge on any atom is 0.291 e. The van der Waals surface area contributed by atoms with Gasteiger partial charge in [0.1, 0.15) is 6.33 Å². The zero-order valence-corrected chi connectivity index (χ0v) is 13.6. The SMILES string of the molecule is O=C(c1ncn[nH]1)N1CCC(O)(c2ccccc2)[C@@H]2CCCC[C@@H]21. The lowest BCUT2D eigenvalue weighted by atomic mass is 9.66. The lowest BCUT2D eigenvalue weighted by Crippen LogP contribution is -2.59. The lowest BCUT2D eigenvalue weighted by Gasteiger charge is -2.52. The second-order valence-corrected chi connectivity index (χ2v) is 6.83. The van der Waals surface area contributed by atoms with E-state index in [0.29, 0.717) is 13.0 Å². The minimum Gasteiger partial charge on any atom is -0.385 e. The molecule has 0 radical (unpaired) electrons. The van der Waals surface area contributed by atoms with Gasteiger partial charge in [0.15, 0.2) is 0 Å². The molecular weight excluding hydrogens is 304 g/mol. The fourth-order valence-electron chi connectivity index (χ4n) is 4.47. The molecule has 1 saturated heterocycles. The summed E-state index contributed by atoms with van der Waals surface area (Å²) in [5.74, 6) is 0.234. The Morgan fingerprint density at radius 2 is 2.04 bits per heavy atom. The molecule has 4 rings (SSSR count). The quantitative estimate of drug-likeness (QED) is 0.885. The molecule has 2 N–H and O–H groups in total. The van der Waals surface area contributed by atoms with E-state index in [2.05, 4.69) is 15.2 Å². The summed E-state index contributed by atoms with van der Waals surface area (Å²) in [5, 5.41) is 17.9. The van der Waals surface area contributed by atoms with Crippen LogP contribution in [-0.2, 0) is 5.60 Å². The highest BCUT2D eigenvalue weighted by atomic mass is 16.3. The highest BCUT2D eigenvalue weighted by Gasteiger charge is 2.50. The summed E-state index contributed by atoms with van der Waals surface area (Å²) in [4.78, 5) is 18.7. The number of fused-ring (bicyclic) bond motifs is 1. The molecule has 1 aromatic heterocycles. The molecule has 1 aliphatic heterocycles. The number of rotatable bonds is 2. The first-order chi connectivity index (χ1) is 11.7. The number of piperidine rings is 1. The molecule has 0 spiro atoms. The summed E-state index contributed by atoms with van der Waals surface area (Å²) in [7, 11) is 0. The van der Waals surface area contributed by atoms with E-state index in [1.165, 1.54) is 6.33 Å². The highest BCUT2D eigenvalue weighted by Crippen LogP contribution is 2.47. The second-order valence-electron chi connectivity index (χ2n) is 6.83. The van der Waals surface area contributed by atoms with Crippen molar-refractivity contribution in [2.24, 2.45) is 5.92 Å². The third-order valence-electron chi connectivity index (χ3n) is 5.63. The third kappa shape index (κ3) is 2.41. The number of aliphatic hydroxyl groups is 1. The van der Waals surface area contributed by atoms with Crippen LogP contribution in [0.1, 0.15) is 48.3 Å². The van der Waals surface area contributed by atoms with Crippen LogP contribution in [0.4, 0.5) is 0 Å². The van der Waals surface area contributed by atoms with Gasteiger partial charge in [-0.3, -0.25) is 9.89 Å². The minimum absolute atomic E-state index is 0.0512. The zero-order valence-electron chi connectivity index (χ0n) is 13.6. The Morgan fingerprint density at radius 1 is 1.25 bits per heavy atom.